The van der Waals surface area contributed by atoms with Gasteiger partial charge in [-0.25, -0.2) is 0 Å². The molecule has 0 unspecified atom stereocenters. The molecule has 0 saturated carbocycles. The van der Waals surface area contributed by atoms with Gasteiger partial charge in [0, 0.05) is 39.1 Å². The van der Waals surface area contributed by atoms with E-state index in [1.807, 2.05) is 12.1 Å². The topological polar surface area (TPSA) is 58.8 Å². The van der Waals surface area contributed by atoms with Gasteiger partial charge in [-0.3, -0.25) is 4.90 Å². The predicted octanol–water partition coefficient (Wildman–Crippen LogP) is 1.38. The molecular weight excluding hydrogens is 316 g/mol. The lowest BCUT2D eigenvalue weighted by Crippen LogP contribution is -2.46. The summed E-state index contributed by atoms with van der Waals surface area (Å²) in [5.41, 5.74) is 3.51. The molecule has 0 aliphatic carbocycles. The Morgan fingerprint density at radius 3 is 2.88 bits per heavy atom. The minimum atomic E-state index is 0.781. The Hall–Kier alpha value is -2.67. The van der Waals surface area contributed by atoms with E-state index in [0.29, 0.717) is 0 Å². The molecule has 0 radical (unpaired) electrons. The van der Waals surface area contributed by atoms with Gasteiger partial charge in [0.2, 0.25) is 0 Å². The Labute approximate surface area is 145 Å². The molecule has 2 aliphatic rings. The van der Waals surface area contributed by atoms with Crippen LogP contribution in [0.4, 0.5) is 5.82 Å². The first-order valence-corrected chi connectivity index (χ1v) is 8.74. The van der Waals surface area contributed by atoms with Crippen molar-refractivity contribution in [3.05, 3.63) is 47.8 Å². The third-order valence-corrected chi connectivity index (χ3v) is 5.00. The summed E-state index contributed by atoms with van der Waals surface area (Å²) in [6, 6.07) is 10.6. The van der Waals surface area contributed by atoms with Crippen LogP contribution in [0, 0.1) is 0 Å². The number of benzene rings is 1. The van der Waals surface area contributed by atoms with E-state index < -0.39 is 0 Å². The summed E-state index contributed by atoms with van der Waals surface area (Å²) in [4.78, 5) is 4.83. The molecule has 128 valence electrons. The molecule has 4 heterocycles. The standard InChI is InChI=1S/C18H20N6O/c1-2-16-15(5-10-25-16)11-14(1)12-22-6-8-23(9-7-22)18-4-3-17-20-19-13-24(17)21-18/h1-4,11,13H,5-10,12H2. The van der Waals surface area contributed by atoms with Gasteiger partial charge in [0.25, 0.3) is 0 Å². The van der Waals surface area contributed by atoms with Gasteiger partial charge in [-0.1, -0.05) is 12.1 Å². The van der Waals surface area contributed by atoms with Crippen molar-refractivity contribution in [1.82, 2.24) is 24.7 Å². The number of piperazine rings is 1. The molecule has 0 bridgehead atoms. The van der Waals surface area contributed by atoms with Crippen molar-refractivity contribution in [1.29, 1.82) is 0 Å². The third-order valence-electron chi connectivity index (χ3n) is 5.00. The lowest BCUT2D eigenvalue weighted by molar-refractivity contribution is 0.249. The Bertz CT molecular complexity index is 899. The van der Waals surface area contributed by atoms with Gasteiger partial charge in [0.1, 0.15) is 17.9 Å². The highest BCUT2D eigenvalue weighted by Gasteiger charge is 2.19. The summed E-state index contributed by atoms with van der Waals surface area (Å²) in [5, 5.41) is 12.5. The Morgan fingerprint density at radius 2 is 1.96 bits per heavy atom. The van der Waals surface area contributed by atoms with Gasteiger partial charge in [0.05, 0.1) is 6.61 Å². The van der Waals surface area contributed by atoms with Crippen LogP contribution >= 0.6 is 0 Å². The van der Waals surface area contributed by atoms with Crippen molar-refractivity contribution in [3.63, 3.8) is 0 Å². The molecule has 1 aromatic carbocycles. The summed E-state index contributed by atoms with van der Waals surface area (Å²) in [5.74, 6) is 2.05. The fourth-order valence-corrected chi connectivity index (χ4v) is 3.62. The molecule has 25 heavy (non-hydrogen) atoms. The van der Waals surface area contributed by atoms with Crippen LogP contribution in [0.2, 0.25) is 0 Å². The average molecular weight is 336 g/mol. The summed E-state index contributed by atoms with van der Waals surface area (Å²) < 4.78 is 7.32. The van der Waals surface area contributed by atoms with Crippen LogP contribution in [0.25, 0.3) is 5.65 Å². The maximum atomic E-state index is 5.59. The molecule has 5 rings (SSSR count). The second-order valence-electron chi connectivity index (χ2n) is 6.63. The summed E-state index contributed by atoms with van der Waals surface area (Å²) in [6.45, 7) is 5.86. The van der Waals surface area contributed by atoms with Crippen LogP contribution in [-0.2, 0) is 13.0 Å². The number of ether oxygens (including phenoxy) is 1. The highest BCUT2D eigenvalue weighted by Crippen LogP contribution is 2.26. The third kappa shape index (κ3) is 2.80. The first kappa shape index (κ1) is 14.7. The van der Waals surface area contributed by atoms with Gasteiger partial charge >= 0.3 is 0 Å². The number of hydrogen-bond donors (Lipinski definition) is 0. The quantitative estimate of drug-likeness (QED) is 0.720. The Kier molecular flexibility index (Phi) is 3.52. The molecule has 1 saturated heterocycles. The minimum absolute atomic E-state index is 0.781. The van der Waals surface area contributed by atoms with E-state index >= 15 is 0 Å². The molecule has 7 nitrogen and oxygen atoms in total. The van der Waals surface area contributed by atoms with Crippen LogP contribution in [0.1, 0.15) is 11.1 Å². The normalized spacial score (nSPS) is 17.7. The smallest absolute Gasteiger partial charge is 0.177 e. The number of fused-ring (bicyclic) bond motifs is 2. The van der Waals surface area contributed by atoms with Crippen molar-refractivity contribution in [2.24, 2.45) is 0 Å². The second-order valence-corrected chi connectivity index (χ2v) is 6.63. The van der Waals surface area contributed by atoms with Crippen LogP contribution in [0.15, 0.2) is 36.7 Å². The molecular formula is C18H20N6O. The van der Waals surface area contributed by atoms with Gasteiger partial charge in [-0.15, -0.1) is 15.3 Å². The van der Waals surface area contributed by atoms with Crippen molar-refractivity contribution in [2.45, 2.75) is 13.0 Å². The molecule has 0 atom stereocenters. The van der Waals surface area contributed by atoms with E-state index in [2.05, 4.69) is 43.3 Å². The van der Waals surface area contributed by atoms with Gasteiger partial charge in [-0.05, 0) is 29.3 Å². The average Bonchev–Trinajstić information content (AvgIpc) is 3.30. The largest absolute Gasteiger partial charge is 0.493 e. The van der Waals surface area contributed by atoms with Crippen molar-refractivity contribution >= 4 is 11.5 Å². The summed E-state index contributed by atoms with van der Waals surface area (Å²) in [6.07, 6.45) is 2.68. The second kappa shape index (κ2) is 6.00. The van der Waals surface area contributed by atoms with Gasteiger partial charge in [-0.2, -0.15) is 4.52 Å². The maximum Gasteiger partial charge on any atom is 0.177 e. The number of aromatic nitrogens is 4. The molecule has 0 amide bonds. The number of anilines is 1. The monoisotopic (exact) mass is 336 g/mol. The predicted molar refractivity (Wildman–Crippen MR) is 93.9 cm³/mol. The van der Waals surface area contributed by atoms with E-state index in [1.165, 1.54) is 11.1 Å². The number of nitrogens with zero attached hydrogens (tertiary/aromatic N) is 6. The van der Waals surface area contributed by atoms with Crippen molar-refractivity contribution in [3.8, 4) is 5.75 Å². The molecule has 1 fully saturated rings. The SMILES string of the molecule is c1cc2c(cc1CN1CCN(c3ccc4nncn4n3)CC1)CCO2. The molecule has 0 spiro atoms. The summed E-state index contributed by atoms with van der Waals surface area (Å²) >= 11 is 0. The maximum absolute atomic E-state index is 5.59. The highest BCUT2D eigenvalue weighted by atomic mass is 16.5. The lowest BCUT2D eigenvalue weighted by Gasteiger charge is -2.35. The zero-order chi connectivity index (χ0) is 16.6. The van der Waals surface area contributed by atoms with Crippen molar-refractivity contribution in [2.75, 3.05) is 37.7 Å². The first-order chi connectivity index (χ1) is 12.3. The van der Waals surface area contributed by atoms with Gasteiger partial charge < -0.3 is 9.64 Å². The van der Waals surface area contributed by atoms with E-state index in [0.717, 1.165) is 63.0 Å². The number of rotatable bonds is 3. The zero-order valence-electron chi connectivity index (χ0n) is 14.0. The van der Waals surface area contributed by atoms with Crippen LogP contribution in [-0.4, -0.2) is 57.5 Å². The van der Waals surface area contributed by atoms with E-state index in [-0.39, 0.29) is 0 Å². The Morgan fingerprint density at radius 1 is 1.04 bits per heavy atom. The fourth-order valence-electron chi connectivity index (χ4n) is 3.62. The van der Waals surface area contributed by atoms with Crippen molar-refractivity contribution < 1.29 is 4.74 Å². The van der Waals surface area contributed by atoms with Crippen LogP contribution in [0.5, 0.6) is 5.75 Å². The molecule has 7 heteroatoms. The van der Waals surface area contributed by atoms with E-state index in [9.17, 15) is 0 Å². The molecule has 0 N–H and O–H groups in total. The van der Waals surface area contributed by atoms with Crippen LogP contribution in [0.3, 0.4) is 0 Å². The molecule has 2 aromatic heterocycles. The lowest BCUT2D eigenvalue weighted by atomic mass is 10.1. The zero-order valence-corrected chi connectivity index (χ0v) is 14.0. The molecule has 2 aliphatic heterocycles. The fraction of sp³-hybridized carbons (Fsp3) is 0.389. The molecule has 3 aromatic rings. The first-order valence-electron chi connectivity index (χ1n) is 8.74. The van der Waals surface area contributed by atoms with E-state index in [4.69, 9.17) is 4.74 Å². The van der Waals surface area contributed by atoms with Gasteiger partial charge in [0.15, 0.2) is 5.65 Å². The van der Waals surface area contributed by atoms with E-state index in [1.54, 1.807) is 10.8 Å². The minimum Gasteiger partial charge on any atom is -0.493 e. The summed E-state index contributed by atoms with van der Waals surface area (Å²) in [7, 11) is 0. The highest BCUT2D eigenvalue weighted by molar-refractivity contribution is 5.45. The van der Waals surface area contributed by atoms with Crippen LogP contribution < -0.4 is 9.64 Å². The Balaban J connectivity index is 1.23. The number of hydrogen-bond acceptors (Lipinski definition) is 6.